The lowest BCUT2D eigenvalue weighted by Gasteiger charge is -2.14. The fraction of sp³-hybridized carbons (Fsp3) is 0. The molecule has 9 aromatic rings. The van der Waals surface area contributed by atoms with Crippen LogP contribution in [-0.4, -0.2) is 14.5 Å². The van der Waals surface area contributed by atoms with E-state index < -0.39 is 0 Å². The van der Waals surface area contributed by atoms with E-state index in [9.17, 15) is 0 Å². The average molecular weight is 600 g/mol. The Kier molecular flexibility index (Phi) is 6.46. The van der Waals surface area contributed by atoms with Gasteiger partial charge in [-0.1, -0.05) is 121 Å². The van der Waals surface area contributed by atoms with Crippen molar-refractivity contribution in [3.63, 3.8) is 0 Å². The molecule has 0 saturated carbocycles. The quantitative estimate of drug-likeness (QED) is 0.197. The van der Waals surface area contributed by atoms with Gasteiger partial charge in [0.05, 0.1) is 22.2 Å². The summed E-state index contributed by atoms with van der Waals surface area (Å²) in [6, 6.07) is 58.3. The molecule has 0 bridgehead atoms. The normalized spacial score (nSPS) is 11.4. The van der Waals surface area contributed by atoms with Gasteiger partial charge in [0.1, 0.15) is 0 Å². The highest BCUT2D eigenvalue weighted by molar-refractivity contribution is 6.15. The second kappa shape index (κ2) is 11.2. The van der Waals surface area contributed by atoms with E-state index in [2.05, 4.69) is 161 Å². The molecule has 0 amide bonds. The number of rotatable bonds is 5. The number of pyridine rings is 2. The maximum absolute atomic E-state index is 5.07. The maximum Gasteiger partial charge on any atom is 0.0746 e. The summed E-state index contributed by atoms with van der Waals surface area (Å²) in [5.41, 5.74) is 13.5. The molecule has 3 heteroatoms. The standard InChI is InChI=1S/C44H29N3/c1-4-12-30(13-5-1)34-26-38(32-16-8-3-9-17-32)44-39(27-34)36-18-10-11-19-43(36)47(44)35-22-20-33(21-23-35)42-28-37(31-14-6-2-7-15-31)40-29-45-25-24-41(40)46-42/h1-29H. The molecule has 3 aromatic heterocycles. The lowest BCUT2D eigenvalue weighted by molar-refractivity contribution is 1.18. The van der Waals surface area contributed by atoms with Crippen molar-refractivity contribution in [3.8, 4) is 50.3 Å². The van der Waals surface area contributed by atoms with Crippen molar-refractivity contribution in [2.75, 3.05) is 0 Å². The molecule has 0 N–H and O–H groups in total. The Morgan fingerprint density at radius 2 is 1.06 bits per heavy atom. The van der Waals surface area contributed by atoms with E-state index in [1.807, 2.05) is 24.5 Å². The second-order valence-corrected chi connectivity index (χ2v) is 11.9. The van der Waals surface area contributed by atoms with E-state index in [0.29, 0.717) is 0 Å². The number of aromatic nitrogens is 3. The molecular formula is C44H29N3. The maximum atomic E-state index is 5.07. The summed E-state index contributed by atoms with van der Waals surface area (Å²) in [6.45, 7) is 0. The lowest BCUT2D eigenvalue weighted by Crippen LogP contribution is -1.96. The number of para-hydroxylation sites is 1. The fourth-order valence-corrected chi connectivity index (χ4v) is 6.86. The van der Waals surface area contributed by atoms with Crippen LogP contribution < -0.4 is 0 Å². The van der Waals surface area contributed by atoms with Gasteiger partial charge in [-0.2, -0.15) is 0 Å². The van der Waals surface area contributed by atoms with E-state index in [-0.39, 0.29) is 0 Å². The largest absolute Gasteiger partial charge is 0.309 e. The van der Waals surface area contributed by atoms with Gasteiger partial charge in [-0.3, -0.25) is 4.98 Å². The number of fused-ring (bicyclic) bond motifs is 4. The summed E-state index contributed by atoms with van der Waals surface area (Å²) in [5, 5.41) is 3.52. The van der Waals surface area contributed by atoms with Crippen molar-refractivity contribution in [2.24, 2.45) is 0 Å². The highest BCUT2D eigenvalue weighted by Gasteiger charge is 2.19. The highest BCUT2D eigenvalue weighted by atomic mass is 15.0. The Hall–Kier alpha value is -6.32. The molecule has 47 heavy (non-hydrogen) atoms. The lowest BCUT2D eigenvalue weighted by atomic mass is 9.95. The SMILES string of the molecule is c1ccc(-c2cc(-c3ccccc3)c3c(c2)c2ccccc2n3-c2ccc(-c3cc(-c4ccccc4)c4cnccc4n3)cc2)cc1. The highest BCUT2D eigenvalue weighted by Crippen LogP contribution is 2.41. The Labute approximate surface area is 273 Å². The number of nitrogens with zero attached hydrogens (tertiary/aromatic N) is 3. The summed E-state index contributed by atoms with van der Waals surface area (Å²) in [4.78, 5) is 9.47. The second-order valence-electron chi connectivity index (χ2n) is 11.9. The zero-order valence-electron chi connectivity index (χ0n) is 25.6. The molecule has 0 radical (unpaired) electrons. The summed E-state index contributed by atoms with van der Waals surface area (Å²) in [7, 11) is 0. The topological polar surface area (TPSA) is 30.7 Å². The van der Waals surface area contributed by atoms with Gasteiger partial charge in [0.2, 0.25) is 0 Å². The molecule has 0 spiro atoms. The van der Waals surface area contributed by atoms with Gasteiger partial charge in [-0.25, -0.2) is 4.98 Å². The minimum Gasteiger partial charge on any atom is -0.309 e. The van der Waals surface area contributed by atoms with Gasteiger partial charge in [-0.15, -0.1) is 0 Å². The van der Waals surface area contributed by atoms with Crippen LogP contribution >= 0.6 is 0 Å². The predicted octanol–water partition coefficient (Wildman–Crippen LogP) is 11.4. The smallest absolute Gasteiger partial charge is 0.0746 e. The first-order valence-electron chi connectivity index (χ1n) is 15.9. The number of hydrogen-bond acceptors (Lipinski definition) is 2. The average Bonchev–Trinajstić information content (AvgIpc) is 3.49. The minimum atomic E-state index is 0.935. The number of hydrogen-bond donors (Lipinski definition) is 0. The van der Waals surface area contributed by atoms with Crippen LogP contribution in [0.15, 0.2) is 176 Å². The fourth-order valence-electron chi connectivity index (χ4n) is 6.86. The molecule has 3 nitrogen and oxygen atoms in total. The molecule has 220 valence electrons. The van der Waals surface area contributed by atoms with Crippen molar-refractivity contribution in [1.82, 2.24) is 14.5 Å². The zero-order valence-corrected chi connectivity index (χ0v) is 25.6. The summed E-state index contributed by atoms with van der Waals surface area (Å²) >= 11 is 0. The van der Waals surface area contributed by atoms with Gasteiger partial charge in [0, 0.05) is 45.4 Å². The third kappa shape index (κ3) is 4.68. The monoisotopic (exact) mass is 599 g/mol. The van der Waals surface area contributed by atoms with Crippen molar-refractivity contribution in [2.45, 2.75) is 0 Å². The van der Waals surface area contributed by atoms with Crippen LogP contribution in [0.4, 0.5) is 0 Å². The predicted molar refractivity (Wildman–Crippen MR) is 196 cm³/mol. The van der Waals surface area contributed by atoms with E-state index >= 15 is 0 Å². The van der Waals surface area contributed by atoms with Gasteiger partial charge >= 0.3 is 0 Å². The summed E-state index contributed by atoms with van der Waals surface area (Å²) < 4.78 is 2.42. The van der Waals surface area contributed by atoms with Crippen LogP contribution in [0.3, 0.4) is 0 Å². The van der Waals surface area contributed by atoms with Gasteiger partial charge in [0.25, 0.3) is 0 Å². The van der Waals surface area contributed by atoms with Crippen molar-refractivity contribution in [1.29, 1.82) is 0 Å². The molecule has 3 heterocycles. The molecule has 0 fully saturated rings. The van der Waals surface area contributed by atoms with Crippen LogP contribution in [0.1, 0.15) is 0 Å². The summed E-state index contributed by atoms with van der Waals surface area (Å²) in [5.74, 6) is 0. The van der Waals surface area contributed by atoms with Crippen LogP contribution in [0, 0.1) is 0 Å². The van der Waals surface area contributed by atoms with Crippen LogP contribution in [-0.2, 0) is 0 Å². The molecule has 0 saturated heterocycles. The van der Waals surface area contributed by atoms with E-state index in [4.69, 9.17) is 4.98 Å². The molecule has 6 aromatic carbocycles. The summed E-state index contributed by atoms with van der Waals surface area (Å²) in [6.07, 6.45) is 3.72. The first-order chi connectivity index (χ1) is 23.3. The van der Waals surface area contributed by atoms with Crippen molar-refractivity contribution < 1.29 is 0 Å². The van der Waals surface area contributed by atoms with Crippen LogP contribution in [0.2, 0.25) is 0 Å². The van der Waals surface area contributed by atoms with Gasteiger partial charge in [-0.05, 0) is 70.3 Å². The Bertz CT molecular complexity index is 2530. The molecule has 0 unspecified atom stereocenters. The third-order valence-electron chi connectivity index (χ3n) is 9.08. The Morgan fingerprint density at radius 1 is 0.426 bits per heavy atom. The van der Waals surface area contributed by atoms with E-state index in [1.165, 1.54) is 44.1 Å². The molecule has 0 aliphatic rings. The molecule has 0 aliphatic heterocycles. The minimum absolute atomic E-state index is 0.935. The molecular weight excluding hydrogens is 571 g/mol. The first kappa shape index (κ1) is 27.0. The van der Waals surface area contributed by atoms with Crippen LogP contribution in [0.5, 0.6) is 0 Å². The zero-order chi connectivity index (χ0) is 31.2. The Morgan fingerprint density at radius 3 is 1.79 bits per heavy atom. The van der Waals surface area contributed by atoms with Crippen molar-refractivity contribution >= 4 is 32.7 Å². The molecule has 9 rings (SSSR count). The first-order valence-corrected chi connectivity index (χ1v) is 15.9. The van der Waals surface area contributed by atoms with Gasteiger partial charge in [0.15, 0.2) is 0 Å². The number of benzene rings is 6. The molecule has 0 aliphatic carbocycles. The third-order valence-corrected chi connectivity index (χ3v) is 9.08. The molecule has 0 atom stereocenters. The van der Waals surface area contributed by atoms with E-state index in [0.717, 1.165) is 39.0 Å². The Balaban J connectivity index is 1.25. The van der Waals surface area contributed by atoms with E-state index in [1.54, 1.807) is 0 Å². The van der Waals surface area contributed by atoms with Gasteiger partial charge < -0.3 is 4.57 Å². The van der Waals surface area contributed by atoms with Crippen molar-refractivity contribution in [3.05, 3.63) is 176 Å². The van der Waals surface area contributed by atoms with Crippen LogP contribution in [0.25, 0.3) is 83.0 Å².